The van der Waals surface area contributed by atoms with Gasteiger partial charge < -0.3 is 5.73 Å². The van der Waals surface area contributed by atoms with E-state index < -0.39 is 10.0 Å². The third-order valence-electron chi connectivity index (χ3n) is 3.03. The number of nitrogen functional groups attached to an aromatic ring is 1. The van der Waals surface area contributed by atoms with Crippen molar-refractivity contribution in [2.75, 3.05) is 12.3 Å². The average Bonchev–Trinajstić information content (AvgIpc) is 2.41. The minimum atomic E-state index is -3.40. The highest BCUT2D eigenvalue weighted by Crippen LogP contribution is 2.14. The quantitative estimate of drug-likeness (QED) is 0.802. The van der Waals surface area contributed by atoms with Crippen molar-refractivity contribution in [3.63, 3.8) is 0 Å². The van der Waals surface area contributed by atoms with Crippen molar-refractivity contribution in [1.29, 1.82) is 0 Å². The van der Waals surface area contributed by atoms with Crippen molar-refractivity contribution in [3.8, 4) is 0 Å². The minimum Gasteiger partial charge on any atom is -0.398 e. The van der Waals surface area contributed by atoms with Gasteiger partial charge in [0.25, 0.3) is 0 Å². The molecule has 3 N–H and O–H groups in total. The predicted molar refractivity (Wildman–Crippen MR) is 86.6 cm³/mol. The number of anilines is 1. The molecule has 0 aliphatic rings. The summed E-state index contributed by atoms with van der Waals surface area (Å²) in [4.78, 5) is 0. The predicted octanol–water partition coefficient (Wildman–Crippen LogP) is 2.58. The van der Waals surface area contributed by atoms with Gasteiger partial charge in [-0.15, -0.1) is 0 Å². The van der Waals surface area contributed by atoms with E-state index in [1.165, 1.54) is 0 Å². The Hall–Kier alpha value is -1.56. The summed E-state index contributed by atoms with van der Waals surface area (Å²) in [6.07, 6.45) is 0.587. The number of nitrogens with two attached hydrogens (primary N) is 1. The molecule has 0 aromatic heterocycles. The molecule has 0 aliphatic heterocycles. The first-order valence-corrected chi connectivity index (χ1v) is 8.54. The van der Waals surface area contributed by atoms with Gasteiger partial charge in [-0.2, -0.15) is 0 Å². The van der Waals surface area contributed by atoms with Crippen LogP contribution in [-0.2, 0) is 22.2 Å². The van der Waals surface area contributed by atoms with Crippen LogP contribution in [0.4, 0.5) is 5.69 Å². The molecule has 4 nitrogen and oxygen atoms in total. The first-order valence-electron chi connectivity index (χ1n) is 6.51. The number of sulfonamides is 1. The van der Waals surface area contributed by atoms with Gasteiger partial charge in [-0.3, -0.25) is 0 Å². The maximum atomic E-state index is 12.0. The van der Waals surface area contributed by atoms with Crippen molar-refractivity contribution in [1.82, 2.24) is 4.72 Å². The Kier molecular flexibility index (Phi) is 5.22. The van der Waals surface area contributed by atoms with Gasteiger partial charge in [-0.1, -0.05) is 41.9 Å². The second-order valence-corrected chi connectivity index (χ2v) is 6.98. The van der Waals surface area contributed by atoms with E-state index in [2.05, 4.69) is 4.72 Å². The molecular formula is C15H17ClN2O2S. The number of rotatable bonds is 6. The lowest BCUT2D eigenvalue weighted by atomic mass is 10.2. The summed E-state index contributed by atoms with van der Waals surface area (Å²) in [6, 6.07) is 14.3. The van der Waals surface area contributed by atoms with Gasteiger partial charge in [-0.05, 0) is 35.7 Å². The van der Waals surface area contributed by atoms with E-state index in [9.17, 15) is 8.42 Å². The second kappa shape index (κ2) is 6.93. The standard InChI is InChI=1S/C15H17ClN2O2S/c16-14-6-3-4-12(10-14)8-9-18-21(19,20)11-13-5-1-2-7-15(13)17/h1-7,10,18H,8-9,11,17H2. The maximum Gasteiger partial charge on any atom is 0.215 e. The SMILES string of the molecule is Nc1ccccc1CS(=O)(=O)NCCc1cccc(Cl)c1. The third-order valence-corrected chi connectivity index (χ3v) is 4.60. The lowest BCUT2D eigenvalue weighted by Gasteiger charge is -2.09. The minimum absolute atomic E-state index is 0.116. The molecule has 6 heteroatoms. The fraction of sp³-hybridized carbons (Fsp3) is 0.200. The van der Waals surface area contributed by atoms with Crippen LogP contribution in [0.2, 0.25) is 5.02 Å². The van der Waals surface area contributed by atoms with Crippen LogP contribution in [0, 0.1) is 0 Å². The van der Waals surface area contributed by atoms with Gasteiger partial charge in [0.2, 0.25) is 10.0 Å². The van der Waals surface area contributed by atoms with Crippen molar-refractivity contribution >= 4 is 27.3 Å². The smallest absolute Gasteiger partial charge is 0.215 e. The molecule has 0 heterocycles. The van der Waals surface area contributed by atoms with Crippen molar-refractivity contribution in [3.05, 3.63) is 64.7 Å². The van der Waals surface area contributed by atoms with Crippen LogP contribution >= 0.6 is 11.6 Å². The van der Waals surface area contributed by atoms with Crippen LogP contribution in [0.5, 0.6) is 0 Å². The normalized spacial score (nSPS) is 11.5. The highest BCUT2D eigenvalue weighted by Gasteiger charge is 2.12. The van der Waals surface area contributed by atoms with E-state index in [4.69, 9.17) is 17.3 Å². The zero-order valence-corrected chi connectivity index (χ0v) is 13.0. The van der Waals surface area contributed by atoms with E-state index >= 15 is 0 Å². The van der Waals surface area contributed by atoms with Crippen LogP contribution in [0.1, 0.15) is 11.1 Å². The molecule has 0 atom stereocenters. The summed E-state index contributed by atoms with van der Waals surface area (Å²) in [6.45, 7) is 0.329. The summed E-state index contributed by atoms with van der Waals surface area (Å²) in [5.41, 5.74) is 7.84. The van der Waals surface area contributed by atoms with Gasteiger partial charge in [0.15, 0.2) is 0 Å². The van der Waals surface area contributed by atoms with Gasteiger partial charge in [0.1, 0.15) is 0 Å². The molecule has 0 bridgehead atoms. The zero-order valence-electron chi connectivity index (χ0n) is 11.4. The molecule has 0 saturated heterocycles. The number of nitrogens with one attached hydrogen (secondary N) is 1. The summed E-state index contributed by atoms with van der Waals surface area (Å²) in [7, 11) is -3.40. The van der Waals surface area contributed by atoms with E-state index in [-0.39, 0.29) is 5.75 Å². The zero-order chi connectivity index (χ0) is 15.3. The monoisotopic (exact) mass is 324 g/mol. The third kappa shape index (κ3) is 5.04. The first kappa shape index (κ1) is 15.8. The van der Waals surface area contributed by atoms with E-state index in [0.717, 1.165) is 5.56 Å². The Morgan fingerprint density at radius 1 is 1.10 bits per heavy atom. The van der Waals surface area contributed by atoms with Crippen LogP contribution in [0.25, 0.3) is 0 Å². The molecule has 0 unspecified atom stereocenters. The van der Waals surface area contributed by atoms with Crippen LogP contribution in [0.15, 0.2) is 48.5 Å². The molecule has 0 aliphatic carbocycles. The summed E-state index contributed by atoms with van der Waals surface area (Å²) in [5.74, 6) is -0.116. The van der Waals surface area contributed by atoms with E-state index in [1.54, 1.807) is 30.3 Å². The molecular weight excluding hydrogens is 308 g/mol. The lowest BCUT2D eigenvalue weighted by Crippen LogP contribution is -2.27. The number of hydrogen-bond acceptors (Lipinski definition) is 3. The Labute approximate surface area is 130 Å². The largest absolute Gasteiger partial charge is 0.398 e. The number of halogens is 1. The van der Waals surface area contributed by atoms with Crippen LogP contribution in [-0.4, -0.2) is 15.0 Å². The van der Waals surface area contributed by atoms with Crippen molar-refractivity contribution in [2.24, 2.45) is 0 Å². The van der Waals surface area contributed by atoms with Gasteiger partial charge >= 0.3 is 0 Å². The molecule has 0 fully saturated rings. The Bertz CT molecular complexity index is 717. The van der Waals surface area contributed by atoms with E-state index in [0.29, 0.717) is 29.2 Å². The molecule has 112 valence electrons. The van der Waals surface area contributed by atoms with Crippen LogP contribution in [0.3, 0.4) is 0 Å². The van der Waals surface area contributed by atoms with Gasteiger partial charge in [0, 0.05) is 17.3 Å². The highest BCUT2D eigenvalue weighted by atomic mass is 35.5. The van der Waals surface area contributed by atoms with Crippen molar-refractivity contribution < 1.29 is 8.42 Å². The molecule has 0 saturated carbocycles. The number of hydrogen-bond donors (Lipinski definition) is 2. The average molecular weight is 325 g/mol. The molecule has 21 heavy (non-hydrogen) atoms. The highest BCUT2D eigenvalue weighted by molar-refractivity contribution is 7.88. The fourth-order valence-corrected chi connectivity index (χ4v) is 3.37. The first-order chi connectivity index (χ1) is 9.96. The molecule has 0 spiro atoms. The van der Waals surface area contributed by atoms with E-state index in [1.807, 2.05) is 18.2 Å². The molecule has 0 radical (unpaired) electrons. The lowest BCUT2D eigenvalue weighted by molar-refractivity contribution is 0.581. The second-order valence-electron chi connectivity index (χ2n) is 4.73. The summed E-state index contributed by atoms with van der Waals surface area (Å²) >= 11 is 5.89. The Balaban J connectivity index is 1.91. The van der Waals surface area contributed by atoms with Crippen LogP contribution < -0.4 is 10.5 Å². The summed E-state index contributed by atoms with van der Waals surface area (Å²) < 4.78 is 26.6. The molecule has 2 aromatic carbocycles. The van der Waals surface area contributed by atoms with Gasteiger partial charge in [-0.25, -0.2) is 13.1 Å². The topological polar surface area (TPSA) is 72.2 Å². The maximum absolute atomic E-state index is 12.0. The fourth-order valence-electron chi connectivity index (χ4n) is 1.96. The molecule has 2 aromatic rings. The Morgan fingerprint density at radius 3 is 2.57 bits per heavy atom. The van der Waals surface area contributed by atoms with Crippen molar-refractivity contribution in [2.45, 2.75) is 12.2 Å². The number of para-hydroxylation sites is 1. The molecule has 0 amide bonds. The molecule has 2 rings (SSSR count). The summed E-state index contributed by atoms with van der Waals surface area (Å²) in [5, 5.41) is 0.646. The number of benzene rings is 2. The van der Waals surface area contributed by atoms with Gasteiger partial charge in [0.05, 0.1) is 5.75 Å². The Morgan fingerprint density at radius 2 is 1.86 bits per heavy atom.